The Bertz CT molecular complexity index is 526. The first kappa shape index (κ1) is 13.7. The first-order valence-electron chi connectivity index (χ1n) is 5.53. The van der Waals surface area contributed by atoms with Gasteiger partial charge in [-0.2, -0.15) is 8.78 Å². The molecule has 2 rings (SSSR count). The van der Waals surface area contributed by atoms with E-state index in [1.807, 2.05) is 6.07 Å². The number of carbonyl (C=O) groups is 1. The van der Waals surface area contributed by atoms with E-state index in [1.54, 1.807) is 12.4 Å². The first-order valence-corrected chi connectivity index (χ1v) is 6.58. The molecular formula is C12H12F2N2O2S. The summed E-state index contributed by atoms with van der Waals surface area (Å²) in [6.45, 7) is 0.379. The number of carbonyl (C=O) groups excluding carboxylic acids is 1. The van der Waals surface area contributed by atoms with Crippen LogP contribution in [0.15, 0.2) is 35.0 Å². The Kier molecular flexibility index (Phi) is 4.62. The van der Waals surface area contributed by atoms with Crippen LogP contribution in [0.5, 0.6) is 0 Å². The summed E-state index contributed by atoms with van der Waals surface area (Å²) in [5.41, 5.74) is 0.938. The molecule has 0 spiro atoms. The normalized spacial score (nSPS) is 10.9. The van der Waals surface area contributed by atoms with Gasteiger partial charge in [-0.25, -0.2) is 0 Å². The minimum atomic E-state index is -2.45. The summed E-state index contributed by atoms with van der Waals surface area (Å²) in [5.74, 6) is -2.29. The van der Waals surface area contributed by atoms with Crippen molar-refractivity contribution in [2.75, 3.05) is 0 Å². The van der Waals surface area contributed by atoms with E-state index in [0.29, 0.717) is 24.1 Å². The second-order valence-corrected chi connectivity index (χ2v) is 4.72. The summed E-state index contributed by atoms with van der Waals surface area (Å²) in [6, 6.07) is 4.85. The van der Waals surface area contributed by atoms with Crippen LogP contribution in [0.1, 0.15) is 21.9 Å². The van der Waals surface area contributed by atoms with Crippen LogP contribution in [0.2, 0.25) is 0 Å². The number of nitrogens with one attached hydrogen (secondary N) is 2. The van der Waals surface area contributed by atoms with Crippen LogP contribution < -0.4 is 5.32 Å². The molecule has 7 heteroatoms. The number of aromatic amines is 1. The fourth-order valence-electron chi connectivity index (χ4n) is 1.46. The third kappa shape index (κ3) is 4.13. The number of thioether (sulfide) groups is 1. The maximum Gasteiger partial charge on any atom is 0.287 e. The standard InChI is InChI=1S/C12H12F2N2O2S/c13-12(14)19-7-9-1-2-10(18-9)11(17)16-6-8-3-4-15-5-8/h1-5,12,15H,6-7H2,(H,16,17). The van der Waals surface area contributed by atoms with E-state index in [0.717, 1.165) is 5.56 Å². The number of halogens is 2. The number of alkyl halides is 2. The van der Waals surface area contributed by atoms with Gasteiger partial charge in [-0.05, 0) is 23.8 Å². The van der Waals surface area contributed by atoms with Crippen molar-refractivity contribution in [2.24, 2.45) is 0 Å². The maximum absolute atomic E-state index is 12.0. The Morgan fingerprint density at radius 1 is 1.42 bits per heavy atom. The van der Waals surface area contributed by atoms with Crippen molar-refractivity contribution < 1.29 is 18.0 Å². The van der Waals surface area contributed by atoms with Crippen molar-refractivity contribution in [3.63, 3.8) is 0 Å². The highest BCUT2D eigenvalue weighted by Crippen LogP contribution is 2.21. The van der Waals surface area contributed by atoms with E-state index < -0.39 is 5.76 Å². The summed E-state index contributed by atoms with van der Waals surface area (Å²) in [4.78, 5) is 14.6. The number of hydrogen-bond acceptors (Lipinski definition) is 3. The highest BCUT2D eigenvalue weighted by molar-refractivity contribution is 7.98. The molecule has 0 aliphatic carbocycles. The lowest BCUT2D eigenvalue weighted by Crippen LogP contribution is -2.21. The zero-order valence-corrected chi connectivity index (χ0v) is 10.7. The largest absolute Gasteiger partial charge is 0.455 e. The maximum atomic E-state index is 12.0. The Hall–Kier alpha value is -1.76. The molecule has 2 aromatic heterocycles. The minimum absolute atomic E-state index is 0.0444. The molecule has 0 atom stereocenters. The summed E-state index contributed by atoms with van der Waals surface area (Å²) < 4.78 is 29.2. The van der Waals surface area contributed by atoms with Crippen LogP contribution in [0.4, 0.5) is 8.78 Å². The van der Waals surface area contributed by atoms with Crippen LogP contribution in [-0.4, -0.2) is 16.6 Å². The summed E-state index contributed by atoms with van der Waals surface area (Å²) in [7, 11) is 0. The van der Waals surface area contributed by atoms with E-state index in [1.165, 1.54) is 12.1 Å². The van der Waals surface area contributed by atoms with Gasteiger partial charge in [0.1, 0.15) is 5.76 Å². The molecule has 19 heavy (non-hydrogen) atoms. The minimum Gasteiger partial charge on any atom is -0.455 e. The van der Waals surface area contributed by atoms with Gasteiger partial charge >= 0.3 is 0 Å². The first-order chi connectivity index (χ1) is 9.15. The fourth-order valence-corrected chi connectivity index (χ4v) is 1.91. The number of hydrogen-bond donors (Lipinski definition) is 2. The van der Waals surface area contributed by atoms with Gasteiger partial charge in [0.2, 0.25) is 0 Å². The van der Waals surface area contributed by atoms with Gasteiger partial charge in [-0.3, -0.25) is 4.79 Å². The van der Waals surface area contributed by atoms with Crippen molar-refractivity contribution in [3.8, 4) is 0 Å². The summed E-state index contributed by atoms with van der Waals surface area (Å²) >= 11 is 0.458. The quantitative estimate of drug-likeness (QED) is 0.858. The lowest BCUT2D eigenvalue weighted by atomic mass is 10.3. The Labute approximate surface area is 112 Å². The molecule has 0 saturated heterocycles. The molecule has 0 radical (unpaired) electrons. The Morgan fingerprint density at radius 3 is 2.95 bits per heavy atom. The number of furan rings is 1. The average molecular weight is 286 g/mol. The molecule has 0 fully saturated rings. The summed E-state index contributed by atoms with van der Waals surface area (Å²) in [6.07, 6.45) is 3.53. The second-order valence-electron chi connectivity index (χ2n) is 3.74. The SMILES string of the molecule is O=C(NCc1cc[nH]c1)c1ccc(CSC(F)F)o1. The van der Waals surface area contributed by atoms with Gasteiger partial charge in [-0.15, -0.1) is 0 Å². The van der Waals surface area contributed by atoms with Crippen LogP contribution >= 0.6 is 11.8 Å². The zero-order valence-electron chi connectivity index (χ0n) is 9.86. The van der Waals surface area contributed by atoms with Gasteiger partial charge < -0.3 is 14.7 Å². The number of amides is 1. The predicted octanol–water partition coefficient (Wildman–Crippen LogP) is 2.99. The molecule has 2 N–H and O–H groups in total. The van der Waals surface area contributed by atoms with Crippen molar-refractivity contribution in [1.82, 2.24) is 10.3 Å². The lowest BCUT2D eigenvalue weighted by Gasteiger charge is -2.01. The molecule has 0 aromatic carbocycles. The Morgan fingerprint density at radius 2 is 2.26 bits per heavy atom. The van der Waals surface area contributed by atoms with Crippen LogP contribution in [0.3, 0.4) is 0 Å². The van der Waals surface area contributed by atoms with Crippen molar-refractivity contribution in [1.29, 1.82) is 0 Å². The van der Waals surface area contributed by atoms with E-state index >= 15 is 0 Å². The fraction of sp³-hybridized carbons (Fsp3) is 0.250. The van der Waals surface area contributed by atoms with Crippen molar-refractivity contribution in [3.05, 3.63) is 47.7 Å². The highest BCUT2D eigenvalue weighted by Gasteiger charge is 2.12. The van der Waals surface area contributed by atoms with Crippen molar-refractivity contribution in [2.45, 2.75) is 18.1 Å². The van der Waals surface area contributed by atoms with Crippen LogP contribution in [0, 0.1) is 0 Å². The third-order valence-electron chi connectivity index (χ3n) is 2.35. The van der Waals surface area contributed by atoms with Crippen molar-refractivity contribution >= 4 is 17.7 Å². The van der Waals surface area contributed by atoms with E-state index in [2.05, 4.69) is 10.3 Å². The summed E-state index contributed by atoms with van der Waals surface area (Å²) in [5, 5.41) is 2.67. The van der Waals surface area contributed by atoms with E-state index in [4.69, 9.17) is 4.42 Å². The molecule has 0 bridgehead atoms. The lowest BCUT2D eigenvalue weighted by molar-refractivity contribution is 0.0922. The number of rotatable bonds is 6. The average Bonchev–Trinajstić information content (AvgIpc) is 3.04. The molecule has 0 aliphatic rings. The van der Waals surface area contributed by atoms with Gasteiger partial charge in [0.15, 0.2) is 5.76 Å². The number of aromatic nitrogens is 1. The Balaban J connectivity index is 1.85. The zero-order chi connectivity index (χ0) is 13.7. The van der Waals surface area contributed by atoms with Gasteiger partial charge in [0, 0.05) is 18.9 Å². The van der Waals surface area contributed by atoms with Gasteiger partial charge in [0.05, 0.1) is 5.75 Å². The monoisotopic (exact) mass is 286 g/mol. The molecule has 2 heterocycles. The predicted molar refractivity (Wildman–Crippen MR) is 68.0 cm³/mol. The molecular weight excluding hydrogens is 274 g/mol. The van der Waals surface area contributed by atoms with E-state index in [-0.39, 0.29) is 17.4 Å². The third-order valence-corrected chi connectivity index (χ3v) is 3.06. The molecule has 0 saturated carbocycles. The van der Waals surface area contributed by atoms with Crippen LogP contribution in [0.25, 0.3) is 0 Å². The molecule has 4 nitrogen and oxygen atoms in total. The molecule has 0 aliphatic heterocycles. The molecule has 1 amide bonds. The topological polar surface area (TPSA) is 58.0 Å². The second kappa shape index (κ2) is 6.42. The van der Waals surface area contributed by atoms with Crippen LogP contribution in [-0.2, 0) is 12.3 Å². The number of H-pyrrole nitrogens is 1. The molecule has 0 unspecified atom stereocenters. The van der Waals surface area contributed by atoms with E-state index in [9.17, 15) is 13.6 Å². The van der Waals surface area contributed by atoms with Gasteiger partial charge in [0.25, 0.3) is 11.7 Å². The molecule has 2 aromatic rings. The highest BCUT2D eigenvalue weighted by atomic mass is 32.2. The molecule has 102 valence electrons. The van der Waals surface area contributed by atoms with Gasteiger partial charge in [-0.1, -0.05) is 11.8 Å². The smallest absolute Gasteiger partial charge is 0.287 e.